The van der Waals surface area contributed by atoms with Crippen LogP contribution in [0.25, 0.3) is 0 Å². The summed E-state index contributed by atoms with van der Waals surface area (Å²) in [6.07, 6.45) is 1.67. The van der Waals surface area contributed by atoms with Gasteiger partial charge in [-0.1, -0.05) is 17.7 Å². The molecule has 2 heterocycles. The van der Waals surface area contributed by atoms with Gasteiger partial charge >= 0.3 is 6.03 Å². The lowest BCUT2D eigenvalue weighted by atomic mass is 9.88. The Labute approximate surface area is 181 Å². The molecule has 166 valence electrons. The Balaban J connectivity index is 1.40. The highest BCUT2D eigenvalue weighted by molar-refractivity contribution is 6.30. The molecule has 3 N–H and O–H groups in total. The molecule has 1 saturated carbocycles. The molecule has 7 nitrogen and oxygen atoms in total. The van der Waals surface area contributed by atoms with Crippen LogP contribution < -0.4 is 10.6 Å². The number of amides is 2. The van der Waals surface area contributed by atoms with E-state index in [9.17, 15) is 23.1 Å². The van der Waals surface area contributed by atoms with Gasteiger partial charge in [-0.2, -0.15) is 0 Å². The summed E-state index contributed by atoms with van der Waals surface area (Å²) in [5.74, 6) is -3.03. The predicted molar refractivity (Wildman–Crippen MR) is 108 cm³/mol. The van der Waals surface area contributed by atoms with Crippen LogP contribution in [0.3, 0.4) is 0 Å². The molecule has 4 rings (SSSR count). The summed E-state index contributed by atoms with van der Waals surface area (Å²) >= 11 is 5.69. The number of hydrogen-bond acceptors (Lipinski definition) is 5. The second-order valence-corrected chi connectivity index (χ2v) is 8.21. The number of fused-ring (bicyclic) bond motifs is 1. The Morgan fingerprint density at radius 2 is 2.16 bits per heavy atom. The van der Waals surface area contributed by atoms with E-state index in [1.165, 1.54) is 23.1 Å². The number of carbonyl (C=O) groups is 1. The summed E-state index contributed by atoms with van der Waals surface area (Å²) in [6, 6.07) is 2.45. The smallest absolute Gasteiger partial charge is 0.318 e. The minimum atomic E-state index is -2.64. The maximum Gasteiger partial charge on any atom is 0.318 e. The van der Waals surface area contributed by atoms with Gasteiger partial charge in [-0.05, 0) is 29.7 Å². The lowest BCUT2D eigenvalue weighted by molar-refractivity contribution is -0.0794. The zero-order valence-corrected chi connectivity index (χ0v) is 17.2. The standard InChI is InChI=1S/C20H21ClF3N5O2/c21-14-2-1-11(5-15(14)22)17(10-30)28-19(31)29-4-3-12-8-25-18(27-16(12)9-29)26-13-6-20(23,24)7-13/h1-2,5,8,13,17,30H,3-4,6-7,9-10H2,(H,28,31)(H,25,26,27). The first-order chi connectivity index (χ1) is 14.7. The van der Waals surface area contributed by atoms with Crippen molar-refractivity contribution in [1.82, 2.24) is 20.2 Å². The molecule has 2 aliphatic rings. The fraction of sp³-hybridized carbons (Fsp3) is 0.450. The second-order valence-electron chi connectivity index (χ2n) is 7.80. The molecule has 1 aliphatic carbocycles. The van der Waals surface area contributed by atoms with Crippen molar-refractivity contribution in [2.24, 2.45) is 0 Å². The topological polar surface area (TPSA) is 90.4 Å². The van der Waals surface area contributed by atoms with Crippen molar-refractivity contribution in [1.29, 1.82) is 0 Å². The lowest BCUT2D eigenvalue weighted by Gasteiger charge is -2.35. The van der Waals surface area contributed by atoms with Gasteiger partial charge < -0.3 is 20.6 Å². The number of nitrogens with one attached hydrogen (secondary N) is 2. The van der Waals surface area contributed by atoms with E-state index in [4.69, 9.17) is 11.6 Å². The first-order valence-electron chi connectivity index (χ1n) is 9.84. The highest BCUT2D eigenvalue weighted by Gasteiger charge is 2.45. The second kappa shape index (κ2) is 8.51. The summed E-state index contributed by atoms with van der Waals surface area (Å²) in [6.45, 7) is 0.197. The summed E-state index contributed by atoms with van der Waals surface area (Å²) in [5, 5.41) is 15.2. The largest absolute Gasteiger partial charge is 0.394 e. The number of benzene rings is 1. The fourth-order valence-corrected chi connectivity index (χ4v) is 3.81. The van der Waals surface area contributed by atoms with Gasteiger partial charge in [0.05, 0.1) is 29.9 Å². The third-order valence-corrected chi connectivity index (χ3v) is 5.79. The summed E-state index contributed by atoms with van der Waals surface area (Å²) in [7, 11) is 0. The van der Waals surface area contributed by atoms with Gasteiger partial charge in [0.25, 0.3) is 5.92 Å². The SMILES string of the molecule is O=C(NC(CO)c1ccc(Cl)c(F)c1)N1CCc2cnc(NC3CC(F)(F)C3)nc2C1. The van der Waals surface area contributed by atoms with Crippen molar-refractivity contribution in [3.63, 3.8) is 0 Å². The minimum Gasteiger partial charge on any atom is -0.394 e. The van der Waals surface area contributed by atoms with Gasteiger partial charge in [0, 0.05) is 31.6 Å². The van der Waals surface area contributed by atoms with Crippen molar-refractivity contribution in [2.45, 2.75) is 43.8 Å². The van der Waals surface area contributed by atoms with Crippen LogP contribution >= 0.6 is 11.6 Å². The average Bonchev–Trinajstić information content (AvgIpc) is 2.72. The number of anilines is 1. The molecule has 0 spiro atoms. The maximum atomic E-state index is 13.7. The molecular weight excluding hydrogens is 435 g/mol. The van der Waals surface area contributed by atoms with Gasteiger partial charge in [-0.15, -0.1) is 0 Å². The molecule has 2 amide bonds. The number of carbonyl (C=O) groups excluding carboxylic acids is 1. The van der Waals surface area contributed by atoms with Gasteiger partial charge in [0.2, 0.25) is 5.95 Å². The Morgan fingerprint density at radius 1 is 1.39 bits per heavy atom. The zero-order valence-electron chi connectivity index (χ0n) is 16.4. The first-order valence-corrected chi connectivity index (χ1v) is 10.2. The Kier molecular flexibility index (Phi) is 5.94. The van der Waals surface area contributed by atoms with E-state index in [0.717, 1.165) is 5.56 Å². The van der Waals surface area contributed by atoms with Crippen LogP contribution in [-0.2, 0) is 13.0 Å². The number of aliphatic hydroxyl groups excluding tert-OH is 1. The first kappa shape index (κ1) is 21.6. The van der Waals surface area contributed by atoms with E-state index in [2.05, 4.69) is 20.6 Å². The molecule has 2 aromatic rings. The quantitative estimate of drug-likeness (QED) is 0.643. The predicted octanol–water partition coefficient (Wildman–Crippen LogP) is 3.28. The van der Waals surface area contributed by atoms with Crippen molar-refractivity contribution >= 4 is 23.6 Å². The molecule has 1 aromatic carbocycles. The van der Waals surface area contributed by atoms with Crippen LogP contribution in [0.15, 0.2) is 24.4 Å². The van der Waals surface area contributed by atoms with E-state index < -0.39 is 30.4 Å². The zero-order chi connectivity index (χ0) is 22.2. The number of alkyl halides is 2. The Hall–Kier alpha value is -2.59. The van der Waals surface area contributed by atoms with Crippen LogP contribution in [0.4, 0.5) is 23.9 Å². The van der Waals surface area contributed by atoms with Crippen LogP contribution in [0, 0.1) is 5.82 Å². The maximum absolute atomic E-state index is 13.7. The van der Waals surface area contributed by atoms with Crippen molar-refractivity contribution < 1.29 is 23.1 Å². The lowest BCUT2D eigenvalue weighted by Crippen LogP contribution is -2.45. The number of aromatic nitrogens is 2. The number of hydrogen-bond donors (Lipinski definition) is 3. The molecule has 1 aromatic heterocycles. The number of urea groups is 1. The molecular formula is C20H21ClF3N5O2. The molecule has 0 saturated heterocycles. The van der Waals surface area contributed by atoms with Gasteiger partial charge in [-0.3, -0.25) is 0 Å². The molecule has 0 radical (unpaired) electrons. The highest BCUT2D eigenvalue weighted by atomic mass is 35.5. The monoisotopic (exact) mass is 455 g/mol. The molecule has 11 heteroatoms. The van der Waals surface area contributed by atoms with Crippen LogP contribution in [-0.4, -0.2) is 51.1 Å². The molecule has 0 bridgehead atoms. The number of aliphatic hydroxyl groups is 1. The van der Waals surface area contributed by atoms with E-state index in [1.807, 2.05) is 0 Å². The van der Waals surface area contributed by atoms with Crippen LogP contribution in [0.5, 0.6) is 0 Å². The van der Waals surface area contributed by atoms with Gasteiger partial charge in [-0.25, -0.2) is 27.9 Å². The Bertz CT molecular complexity index is 985. The van der Waals surface area contributed by atoms with Crippen molar-refractivity contribution in [3.8, 4) is 0 Å². The number of nitrogens with zero attached hydrogens (tertiary/aromatic N) is 3. The van der Waals surface area contributed by atoms with E-state index in [-0.39, 0.29) is 36.4 Å². The van der Waals surface area contributed by atoms with Crippen LogP contribution in [0.1, 0.15) is 35.7 Å². The summed E-state index contributed by atoms with van der Waals surface area (Å²) < 4.78 is 39.8. The molecule has 1 fully saturated rings. The minimum absolute atomic E-state index is 0.0471. The summed E-state index contributed by atoms with van der Waals surface area (Å²) in [5.41, 5.74) is 1.90. The third kappa shape index (κ3) is 4.85. The molecule has 31 heavy (non-hydrogen) atoms. The van der Waals surface area contributed by atoms with Gasteiger partial charge in [0.1, 0.15) is 5.82 Å². The van der Waals surface area contributed by atoms with E-state index >= 15 is 0 Å². The van der Waals surface area contributed by atoms with Crippen LogP contribution in [0.2, 0.25) is 5.02 Å². The van der Waals surface area contributed by atoms with E-state index in [0.29, 0.717) is 24.2 Å². The van der Waals surface area contributed by atoms with E-state index in [1.54, 1.807) is 6.20 Å². The normalized spacial score (nSPS) is 18.7. The molecule has 1 atom stereocenters. The van der Waals surface area contributed by atoms with Crippen molar-refractivity contribution in [3.05, 3.63) is 52.1 Å². The third-order valence-electron chi connectivity index (χ3n) is 5.48. The Morgan fingerprint density at radius 3 is 2.84 bits per heavy atom. The average molecular weight is 456 g/mol. The van der Waals surface area contributed by atoms with Gasteiger partial charge in [0.15, 0.2) is 0 Å². The highest BCUT2D eigenvalue weighted by Crippen LogP contribution is 2.38. The fourth-order valence-electron chi connectivity index (χ4n) is 3.70. The van der Waals surface area contributed by atoms with Crippen molar-refractivity contribution in [2.75, 3.05) is 18.5 Å². The number of rotatable bonds is 5. The molecule has 1 unspecified atom stereocenters. The molecule has 1 aliphatic heterocycles. The summed E-state index contributed by atoms with van der Waals surface area (Å²) in [4.78, 5) is 22.8. The number of halogens is 4.